The quantitative estimate of drug-likeness (QED) is 0.698. The Morgan fingerprint density at radius 3 is 2.79 bits per heavy atom. The molecular weight excluding hydrogens is 368 g/mol. The first kappa shape index (κ1) is 19.2. The van der Waals surface area contributed by atoms with Gasteiger partial charge in [-0.15, -0.1) is 0 Å². The summed E-state index contributed by atoms with van der Waals surface area (Å²) < 4.78 is 12.6. The van der Waals surface area contributed by atoms with Crippen molar-refractivity contribution in [2.45, 2.75) is 6.10 Å². The second-order valence-electron chi connectivity index (χ2n) is 6.91. The molecule has 2 aromatic carbocycles. The first-order valence-corrected chi connectivity index (χ1v) is 9.56. The van der Waals surface area contributed by atoms with Gasteiger partial charge in [-0.2, -0.15) is 5.10 Å². The van der Waals surface area contributed by atoms with Crippen LogP contribution in [0.15, 0.2) is 54.6 Å². The number of carbonyl (C=O) groups excluding carboxylic acids is 1. The Kier molecular flexibility index (Phi) is 5.59. The summed E-state index contributed by atoms with van der Waals surface area (Å²) in [5, 5.41) is 10.7. The molecule has 0 radical (unpaired) electrons. The number of anilines is 1. The molecular formula is C22H24N4O3. The van der Waals surface area contributed by atoms with Gasteiger partial charge < -0.3 is 20.1 Å². The SMILES string of the molecule is COc1cccc(-c2cc(C(=O)Nc3ccc(C4CNCCO4)cc3)n(C)n2)c1. The second-order valence-corrected chi connectivity index (χ2v) is 6.91. The van der Waals surface area contributed by atoms with Crippen LogP contribution in [0.4, 0.5) is 5.69 Å². The van der Waals surface area contributed by atoms with Crippen LogP contribution in [-0.4, -0.2) is 42.5 Å². The number of nitrogens with one attached hydrogen (secondary N) is 2. The Morgan fingerprint density at radius 2 is 2.07 bits per heavy atom. The predicted octanol–water partition coefficient (Wildman–Crippen LogP) is 3.01. The molecule has 150 valence electrons. The van der Waals surface area contributed by atoms with Gasteiger partial charge in [0.25, 0.3) is 5.91 Å². The first-order valence-electron chi connectivity index (χ1n) is 9.56. The molecule has 0 saturated carbocycles. The first-order chi connectivity index (χ1) is 14.1. The predicted molar refractivity (Wildman–Crippen MR) is 111 cm³/mol. The molecule has 0 aliphatic carbocycles. The zero-order valence-corrected chi connectivity index (χ0v) is 16.5. The molecule has 3 aromatic rings. The van der Waals surface area contributed by atoms with Gasteiger partial charge in [-0.25, -0.2) is 0 Å². The van der Waals surface area contributed by atoms with Crippen LogP contribution in [0, 0.1) is 0 Å². The standard InChI is InChI=1S/C22H24N4O3/c1-26-20(13-19(25-26)16-4-3-5-18(12-16)28-2)22(27)24-17-8-6-15(7-9-17)21-14-23-10-11-29-21/h3-9,12-13,21,23H,10-11,14H2,1-2H3,(H,24,27). The van der Waals surface area contributed by atoms with E-state index in [-0.39, 0.29) is 12.0 Å². The van der Waals surface area contributed by atoms with Crippen LogP contribution in [-0.2, 0) is 11.8 Å². The summed E-state index contributed by atoms with van der Waals surface area (Å²) >= 11 is 0. The van der Waals surface area contributed by atoms with Gasteiger partial charge in [0, 0.05) is 31.4 Å². The zero-order valence-electron chi connectivity index (χ0n) is 16.5. The van der Waals surface area contributed by atoms with Gasteiger partial charge in [0.15, 0.2) is 0 Å². The summed E-state index contributed by atoms with van der Waals surface area (Å²) in [4.78, 5) is 12.8. The number of rotatable bonds is 5. The average molecular weight is 392 g/mol. The van der Waals surface area contributed by atoms with Crippen molar-refractivity contribution in [2.24, 2.45) is 7.05 Å². The van der Waals surface area contributed by atoms with E-state index >= 15 is 0 Å². The van der Waals surface area contributed by atoms with Crippen LogP contribution in [0.1, 0.15) is 22.2 Å². The van der Waals surface area contributed by atoms with E-state index in [1.807, 2.05) is 48.5 Å². The van der Waals surface area contributed by atoms with E-state index in [0.29, 0.717) is 18.0 Å². The summed E-state index contributed by atoms with van der Waals surface area (Å²) in [6, 6.07) is 17.1. The minimum absolute atomic E-state index is 0.0518. The third-order valence-corrected chi connectivity index (χ3v) is 4.95. The van der Waals surface area contributed by atoms with E-state index in [4.69, 9.17) is 9.47 Å². The molecule has 29 heavy (non-hydrogen) atoms. The number of hydrogen-bond acceptors (Lipinski definition) is 5. The molecule has 1 aliphatic rings. The highest BCUT2D eigenvalue weighted by molar-refractivity contribution is 6.03. The monoisotopic (exact) mass is 392 g/mol. The van der Waals surface area contributed by atoms with Gasteiger partial charge in [-0.3, -0.25) is 9.48 Å². The Morgan fingerprint density at radius 1 is 1.24 bits per heavy atom. The Bertz CT molecular complexity index is 992. The maximum atomic E-state index is 12.8. The highest BCUT2D eigenvalue weighted by atomic mass is 16.5. The molecule has 7 heteroatoms. The molecule has 1 aromatic heterocycles. The van der Waals surface area contributed by atoms with Crippen LogP contribution >= 0.6 is 0 Å². The van der Waals surface area contributed by atoms with Gasteiger partial charge >= 0.3 is 0 Å². The second kappa shape index (κ2) is 8.46. The minimum atomic E-state index is -0.211. The van der Waals surface area contributed by atoms with E-state index in [2.05, 4.69) is 15.7 Å². The number of carbonyl (C=O) groups is 1. The Hall–Kier alpha value is -3.16. The number of hydrogen-bond donors (Lipinski definition) is 2. The van der Waals surface area contributed by atoms with Crippen LogP contribution in [0.2, 0.25) is 0 Å². The summed E-state index contributed by atoms with van der Waals surface area (Å²) in [6.07, 6.45) is 0.0518. The number of ether oxygens (including phenoxy) is 2. The zero-order chi connectivity index (χ0) is 20.2. The summed E-state index contributed by atoms with van der Waals surface area (Å²) in [7, 11) is 3.38. The van der Waals surface area contributed by atoms with E-state index < -0.39 is 0 Å². The lowest BCUT2D eigenvalue weighted by atomic mass is 10.1. The van der Waals surface area contributed by atoms with Crippen molar-refractivity contribution in [3.63, 3.8) is 0 Å². The van der Waals surface area contributed by atoms with E-state index in [9.17, 15) is 4.79 Å². The Labute approximate surface area is 169 Å². The topological polar surface area (TPSA) is 77.4 Å². The third-order valence-electron chi connectivity index (χ3n) is 4.95. The smallest absolute Gasteiger partial charge is 0.273 e. The number of methoxy groups -OCH3 is 1. The number of nitrogens with zero attached hydrogens (tertiary/aromatic N) is 2. The molecule has 7 nitrogen and oxygen atoms in total. The average Bonchev–Trinajstić information content (AvgIpc) is 3.17. The highest BCUT2D eigenvalue weighted by Crippen LogP contribution is 2.24. The van der Waals surface area contributed by atoms with Crippen molar-refractivity contribution in [3.05, 3.63) is 65.9 Å². The summed E-state index contributed by atoms with van der Waals surface area (Å²) in [5.74, 6) is 0.536. The molecule has 1 aliphatic heterocycles. The van der Waals surface area contributed by atoms with Crippen molar-refractivity contribution in [1.82, 2.24) is 15.1 Å². The minimum Gasteiger partial charge on any atom is -0.497 e. The third kappa shape index (κ3) is 4.31. The lowest BCUT2D eigenvalue weighted by Gasteiger charge is -2.24. The van der Waals surface area contributed by atoms with Crippen LogP contribution in [0.3, 0.4) is 0 Å². The molecule has 0 bridgehead atoms. The number of benzene rings is 2. The van der Waals surface area contributed by atoms with Gasteiger partial charge in [0.2, 0.25) is 0 Å². The fraction of sp³-hybridized carbons (Fsp3) is 0.273. The molecule has 1 unspecified atom stereocenters. The molecule has 0 spiro atoms. The molecule has 4 rings (SSSR count). The summed E-state index contributed by atoms with van der Waals surface area (Å²) in [6.45, 7) is 2.39. The number of amides is 1. The van der Waals surface area contributed by atoms with Crippen molar-refractivity contribution in [1.29, 1.82) is 0 Å². The largest absolute Gasteiger partial charge is 0.497 e. The number of aromatic nitrogens is 2. The normalized spacial score (nSPS) is 16.4. The highest BCUT2D eigenvalue weighted by Gasteiger charge is 2.17. The van der Waals surface area contributed by atoms with E-state index in [1.54, 1.807) is 24.9 Å². The van der Waals surface area contributed by atoms with Crippen molar-refractivity contribution in [3.8, 4) is 17.0 Å². The molecule has 2 heterocycles. The number of morpholine rings is 1. The van der Waals surface area contributed by atoms with E-state index in [1.165, 1.54) is 0 Å². The summed E-state index contributed by atoms with van der Waals surface area (Å²) in [5.41, 5.74) is 3.91. The van der Waals surface area contributed by atoms with Crippen molar-refractivity contribution in [2.75, 3.05) is 32.1 Å². The fourth-order valence-corrected chi connectivity index (χ4v) is 3.36. The fourth-order valence-electron chi connectivity index (χ4n) is 3.36. The lowest BCUT2D eigenvalue weighted by Crippen LogP contribution is -2.33. The van der Waals surface area contributed by atoms with Crippen LogP contribution in [0.5, 0.6) is 5.75 Å². The molecule has 2 N–H and O–H groups in total. The Balaban J connectivity index is 1.47. The van der Waals surface area contributed by atoms with Gasteiger partial charge in [-0.1, -0.05) is 24.3 Å². The van der Waals surface area contributed by atoms with Gasteiger partial charge in [0.05, 0.1) is 25.5 Å². The van der Waals surface area contributed by atoms with Crippen molar-refractivity contribution >= 4 is 11.6 Å². The maximum Gasteiger partial charge on any atom is 0.273 e. The number of aryl methyl sites for hydroxylation is 1. The lowest BCUT2D eigenvalue weighted by molar-refractivity contribution is 0.0277. The molecule has 1 amide bonds. The molecule has 1 fully saturated rings. The van der Waals surface area contributed by atoms with Crippen LogP contribution in [0.25, 0.3) is 11.3 Å². The maximum absolute atomic E-state index is 12.8. The molecule has 1 saturated heterocycles. The van der Waals surface area contributed by atoms with Gasteiger partial charge in [-0.05, 0) is 35.9 Å². The van der Waals surface area contributed by atoms with E-state index in [0.717, 1.165) is 35.7 Å². The molecule has 1 atom stereocenters. The van der Waals surface area contributed by atoms with Crippen LogP contribution < -0.4 is 15.4 Å². The van der Waals surface area contributed by atoms with Crippen molar-refractivity contribution < 1.29 is 14.3 Å². The van der Waals surface area contributed by atoms with Gasteiger partial charge in [0.1, 0.15) is 11.4 Å².